The van der Waals surface area contributed by atoms with Gasteiger partial charge in [-0.25, -0.2) is 0 Å². The van der Waals surface area contributed by atoms with Gasteiger partial charge in [-0.05, 0) is 11.1 Å². The second kappa shape index (κ2) is 4.72. The van der Waals surface area contributed by atoms with Crippen molar-refractivity contribution in [1.29, 1.82) is 0 Å². The number of aromatic nitrogens is 3. The fourth-order valence-electron chi connectivity index (χ4n) is 2.59. The summed E-state index contributed by atoms with van der Waals surface area (Å²) in [5, 5.41) is 20.7. The highest BCUT2D eigenvalue weighted by Crippen LogP contribution is 2.29. The lowest BCUT2D eigenvalue weighted by molar-refractivity contribution is 0.0478. The highest BCUT2D eigenvalue weighted by molar-refractivity contribution is 5.91. The van der Waals surface area contributed by atoms with Crippen molar-refractivity contribution in [2.24, 2.45) is 7.05 Å². The molecule has 0 saturated carbocycles. The molecule has 1 aromatic heterocycles. The largest absolute Gasteiger partial charge is 0.387 e. The molecule has 2 aromatic rings. The monoisotopic (exact) mass is 272 g/mol. The van der Waals surface area contributed by atoms with Gasteiger partial charge in [-0.15, -0.1) is 5.10 Å². The molecule has 0 fully saturated rings. The first kappa shape index (κ1) is 12.8. The number of aliphatic hydroxyl groups is 1. The van der Waals surface area contributed by atoms with Crippen molar-refractivity contribution in [2.75, 3.05) is 6.54 Å². The van der Waals surface area contributed by atoms with E-state index in [2.05, 4.69) is 15.6 Å². The Bertz CT molecular complexity index is 625. The molecular weight excluding hydrogens is 256 g/mol. The van der Waals surface area contributed by atoms with Gasteiger partial charge in [0, 0.05) is 26.4 Å². The van der Waals surface area contributed by atoms with Crippen LogP contribution in [0, 0.1) is 0 Å². The zero-order chi connectivity index (χ0) is 14.2. The SMILES string of the molecule is Cn1cc(C(=O)NCC2(O)Cc3ccccc3C2)nn1. The quantitative estimate of drug-likeness (QED) is 0.829. The number of rotatable bonds is 3. The van der Waals surface area contributed by atoms with Crippen molar-refractivity contribution in [3.05, 3.63) is 47.3 Å². The van der Waals surface area contributed by atoms with Crippen molar-refractivity contribution in [1.82, 2.24) is 20.3 Å². The molecule has 0 unspecified atom stereocenters. The van der Waals surface area contributed by atoms with Crippen LogP contribution in [-0.4, -0.2) is 38.2 Å². The molecular formula is C14H16N4O2. The van der Waals surface area contributed by atoms with E-state index in [1.54, 1.807) is 13.2 Å². The van der Waals surface area contributed by atoms with E-state index < -0.39 is 5.60 Å². The summed E-state index contributed by atoms with van der Waals surface area (Å²) in [5.41, 5.74) is 1.63. The van der Waals surface area contributed by atoms with Gasteiger partial charge in [0.1, 0.15) is 0 Å². The topological polar surface area (TPSA) is 80.0 Å². The van der Waals surface area contributed by atoms with Gasteiger partial charge in [-0.2, -0.15) is 0 Å². The summed E-state index contributed by atoms with van der Waals surface area (Å²) in [7, 11) is 1.70. The maximum atomic E-state index is 11.9. The Morgan fingerprint density at radius 1 is 1.40 bits per heavy atom. The van der Waals surface area contributed by atoms with Crippen LogP contribution in [0.2, 0.25) is 0 Å². The molecule has 0 spiro atoms. The van der Waals surface area contributed by atoms with Gasteiger partial charge in [0.2, 0.25) is 0 Å². The van der Waals surface area contributed by atoms with Crippen LogP contribution in [0.3, 0.4) is 0 Å². The molecule has 1 aliphatic carbocycles. The maximum absolute atomic E-state index is 11.9. The Balaban J connectivity index is 1.63. The number of fused-ring (bicyclic) bond motifs is 1. The Morgan fingerprint density at radius 2 is 2.05 bits per heavy atom. The standard InChI is InChI=1S/C14H16N4O2/c1-18-8-12(16-17-18)13(19)15-9-14(20)6-10-4-2-3-5-11(10)7-14/h2-5,8,20H,6-7,9H2,1H3,(H,15,19). The Morgan fingerprint density at radius 3 is 2.60 bits per heavy atom. The molecule has 0 atom stereocenters. The Labute approximate surface area is 116 Å². The molecule has 0 bridgehead atoms. The zero-order valence-electron chi connectivity index (χ0n) is 11.2. The minimum atomic E-state index is -0.915. The van der Waals surface area contributed by atoms with Gasteiger partial charge in [-0.1, -0.05) is 29.5 Å². The second-order valence-corrected chi connectivity index (χ2v) is 5.31. The van der Waals surface area contributed by atoms with Gasteiger partial charge < -0.3 is 10.4 Å². The zero-order valence-corrected chi connectivity index (χ0v) is 11.2. The van der Waals surface area contributed by atoms with Gasteiger partial charge in [-0.3, -0.25) is 9.48 Å². The van der Waals surface area contributed by atoms with E-state index in [4.69, 9.17) is 0 Å². The molecule has 20 heavy (non-hydrogen) atoms. The first-order valence-corrected chi connectivity index (χ1v) is 6.49. The van der Waals surface area contributed by atoms with E-state index in [-0.39, 0.29) is 18.1 Å². The van der Waals surface area contributed by atoms with E-state index in [9.17, 15) is 9.90 Å². The van der Waals surface area contributed by atoms with E-state index >= 15 is 0 Å². The van der Waals surface area contributed by atoms with Crippen molar-refractivity contribution >= 4 is 5.91 Å². The third-order valence-corrected chi connectivity index (χ3v) is 3.57. The molecule has 6 nitrogen and oxygen atoms in total. The van der Waals surface area contributed by atoms with Crippen LogP contribution in [0.1, 0.15) is 21.6 Å². The highest BCUT2D eigenvalue weighted by atomic mass is 16.3. The highest BCUT2D eigenvalue weighted by Gasteiger charge is 2.35. The average molecular weight is 272 g/mol. The molecule has 0 radical (unpaired) electrons. The summed E-state index contributed by atoms with van der Waals surface area (Å²) in [5.74, 6) is -0.317. The Kier molecular flexibility index (Phi) is 3.02. The number of carbonyl (C=O) groups is 1. The number of hydrogen-bond acceptors (Lipinski definition) is 4. The van der Waals surface area contributed by atoms with Crippen LogP contribution in [0.4, 0.5) is 0 Å². The number of amides is 1. The number of carbonyl (C=O) groups excluding carboxylic acids is 1. The first-order valence-electron chi connectivity index (χ1n) is 6.49. The van der Waals surface area contributed by atoms with Crippen LogP contribution in [0.5, 0.6) is 0 Å². The van der Waals surface area contributed by atoms with Crippen molar-refractivity contribution < 1.29 is 9.90 Å². The normalized spacial score (nSPS) is 15.9. The summed E-state index contributed by atoms with van der Waals surface area (Å²) in [6, 6.07) is 7.95. The van der Waals surface area contributed by atoms with Crippen molar-refractivity contribution in [2.45, 2.75) is 18.4 Å². The van der Waals surface area contributed by atoms with E-state index in [1.165, 1.54) is 4.68 Å². The minimum absolute atomic E-state index is 0.205. The fourth-order valence-corrected chi connectivity index (χ4v) is 2.59. The Hall–Kier alpha value is -2.21. The number of nitrogens with zero attached hydrogens (tertiary/aromatic N) is 3. The predicted molar refractivity (Wildman–Crippen MR) is 72.1 cm³/mol. The van der Waals surface area contributed by atoms with E-state index in [0.717, 1.165) is 11.1 Å². The number of benzene rings is 1. The number of aryl methyl sites for hydroxylation is 1. The average Bonchev–Trinajstić information content (AvgIpc) is 2.99. The van der Waals surface area contributed by atoms with Crippen LogP contribution in [0.25, 0.3) is 0 Å². The van der Waals surface area contributed by atoms with Crippen LogP contribution in [-0.2, 0) is 19.9 Å². The van der Waals surface area contributed by atoms with Gasteiger partial charge in [0.15, 0.2) is 5.69 Å². The fraction of sp³-hybridized carbons (Fsp3) is 0.357. The van der Waals surface area contributed by atoms with Crippen LogP contribution >= 0.6 is 0 Å². The van der Waals surface area contributed by atoms with Crippen molar-refractivity contribution in [3.63, 3.8) is 0 Å². The molecule has 1 heterocycles. The maximum Gasteiger partial charge on any atom is 0.273 e. The third kappa shape index (κ3) is 2.42. The lowest BCUT2D eigenvalue weighted by Gasteiger charge is -2.22. The van der Waals surface area contributed by atoms with Gasteiger partial charge >= 0.3 is 0 Å². The van der Waals surface area contributed by atoms with Gasteiger partial charge in [0.25, 0.3) is 5.91 Å². The summed E-state index contributed by atoms with van der Waals surface area (Å²) in [6.07, 6.45) is 2.66. The number of hydrogen-bond donors (Lipinski definition) is 2. The molecule has 104 valence electrons. The first-order chi connectivity index (χ1) is 9.56. The summed E-state index contributed by atoms with van der Waals surface area (Å²) >= 11 is 0. The lowest BCUT2D eigenvalue weighted by Crippen LogP contribution is -2.43. The van der Waals surface area contributed by atoms with Crippen LogP contribution in [0.15, 0.2) is 30.5 Å². The molecule has 1 amide bonds. The van der Waals surface area contributed by atoms with Crippen molar-refractivity contribution in [3.8, 4) is 0 Å². The molecule has 6 heteroatoms. The lowest BCUT2D eigenvalue weighted by atomic mass is 10.0. The molecule has 1 aromatic carbocycles. The molecule has 1 aliphatic rings. The smallest absolute Gasteiger partial charge is 0.273 e. The van der Waals surface area contributed by atoms with Gasteiger partial charge in [0.05, 0.1) is 11.8 Å². The molecule has 0 saturated heterocycles. The molecule has 2 N–H and O–H groups in total. The van der Waals surface area contributed by atoms with E-state index in [0.29, 0.717) is 12.8 Å². The van der Waals surface area contributed by atoms with Crippen LogP contribution < -0.4 is 5.32 Å². The number of nitrogens with one attached hydrogen (secondary N) is 1. The molecule has 3 rings (SSSR count). The summed E-state index contributed by atoms with van der Waals surface area (Å²) < 4.78 is 1.47. The summed E-state index contributed by atoms with van der Waals surface area (Å²) in [6.45, 7) is 0.205. The predicted octanol–water partition coefficient (Wildman–Crippen LogP) is 0.0748. The molecule has 0 aliphatic heterocycles. The summed E-state index contributed by atoms with van der Waals surface area (Å²) in [4.78, 5) is 11.9. The second-order valence-electron chi connectivity index (χ2n) is 5.31. The third-order valence-electron chi connectivity index (χ3n) is 3.57. The van der Waals surface area contributed by atoms with E-state index in [1.807, 2.05) is 24.3 Å². The minimum Gasteiger partial charge on any atom is -0.387 e.